The molecule has 0 unspecified atom stereocenters. The van der Waals surface area contributed by atoms with Gasteiger partial charge in [-0.05, 0) is 63.1 Å². The van der Waals surface area contributed by atoms with Crippen LogP contribution in [0.2, 0.25) is 0 Å². The monoisotopic (exact) mass is 303 g/mol. The molecule has 0 saturated carbocycles. The van der Waals surface area contributed by atoms with Crippen LogP contribution in [0.25, 0.3) is 0 Å². The summed E-state index contributed by atoms with van der Waals surface area (Å²) in [7, 11) is 0. The van der Waals surface area contributed by atoms with Crippen LogP contribution >= 0.6 is 0 Å². The van der Waals surface area contributed by atoms with Crippen molar-refractivity contribution < 1.29 is 0 Å². The first-order valence-electron chi connectivity index (χ1n) is 7.99. The van der Waals surface area contributed by atoms with E-state index in [1.165, 1.54) is 0 Å². The highest BCUT2D eigenvalue weighted by molar-refractivity contribution is 5.20. The zero-order valence-electron chi connectivity index (χ0n) is 13.7. The Morgan fingerprint density at radius 1 is 0.565 bits per heavy atom. The summed E-state index contributed by atoms with van der Waals surface area (Å²) in [6, 6.07) is 18.5. The fraction of sp³-hybridized carbons (Fsp3) is 0.250. The van der Waals surface area contributed by atoms with Gasteiger partial charge in [-0.15, -0.1) is 0 Å². The standard InChI is InChI=1S/C20H21N3/c1-15-6-3-8-17(21-15)12-13-18-9-5-11-20(23-18)14-19-10-4-7-16(2)22-19/h3-11H,12-14H2,1-2H3. The summed E-state index contributed by atoms with van der Waals surface area (Å²) < 4.78 is 0. The topological polar surface area (TPSA) is 38.7 Å². The number of aromatic nitrogens is 3. The van der Waals surface area contributed by atoms with Gasteiger partial charge in [0.15, 0.2) is 0 Å². The van der Waals surface area contributed by atoms with Crippen molar-refractivity contribution in [3.05, 3.63) is 88.8 Å². The molecule has 3 heteroatoms. The lowest BCUT2D eigenvalue weighted by Crippen LogP contribution is -2.01. The highest BCUT2D eigenvalue weighted by Gasteiger charge is 2.03. The van der Waals surface area contributed by atoms with Crippen molar-refractivity contribution in [3.63, 3.8) is 0 Å². The lowest BCUT2D eigenvalue weighted by molar-refractivity contribution is 0.856. The molecule has 0 spiro atoms. The molecular formula is C20H21N3. The van der Waals surface area contributed by atoms with Crippen LogP contribution in [0, 0.1) is 13.8 Å². The van der Waals surface area contributed by atoms with Crippen LogP contribution in [0.5, 0.6) is 0 Å². The van der Waals surface area contributed by atoms with Crippen molar-refractivity contribution in [2.75, 3.05) is 0 Å². The van der Waals surface area contributed by atoms with Crippen LogP contribution in [0.1, 0.15) is 34.2 Å². The Hall–Kier alpha value is -2.55. The summed E-state index contributed by atoms with van der Waals surface area (Å²) in [5.41, 5.74) is 6.47. The number of nitrogens with zero attached hydrogens (tertiary/aromatic N) is 3. The number of pyridine rings is 3. The zero-order valence-corrected chi connectivity index (χ0v) is 13.7. The molecule has 0 bridgehead atoms. The molecule has 0 radical (unpaired) electrons. The first-order valence-corrected chi connectivity index (χ1v) is 7.99. The van der Waals surface area contributed by atoms with Gasteiger partial charge >= 0.3 is 0 Å². The minimum absolute atomic E-state index is 0.776. The summed E-state index contributed by atoms with van der Waals surface area (Å²) in [4.78, 5) is 13.9. The van der Waals surface area contributed by atoms with E-state index in [0.29, 0.717) is 0 Å². The fourth-order valence-corrected chi connectivity index (χ4v) is 2.65. The Labute approximate surface area is 137 Å². The van der Waals surface area contributed by atoms with E-state index >= 15 is 0 Å². The first kappa shape index (κ1) is 15.3. The predicted octanol–water partition coefficient (Wildman–Crippen LogP) is 3.86. The highest BCUT2D eigenvalue weighted by Crippen LogP contribution is 2.09. The van der Waals surface area contributed by atoms with Crippen LogP contribution in [0.4, 0.5) is 0 Å². The highest BCUT2D eigenvalue weighted by atomic mass is 14.7. The van der Waals surface area contributed by atoms with Gasteiger partial charge in [0.1, 0.15) is 0 Å². The lowest BCUT2D eigenvalue weighted by Gasteiger charge is -2.06. The molecule has 3 aromatic rings. The van der Waals surface area contributed by atoms with Gasteiger partial charge in [0, 0.05) is 40.6 Å². The Morgan fingerprint density at radius 3 is 1.61 bits per heavy atom. The molecule has 0 aliphatic heterocycles. The van der Waals surface area contributed by atoms with E-state index in [4.69, 9.17) is 4.98 Å². The minimum atomic E-state index is 0.776. The Morgan fingerprint density at radius 2 is 1.00 bits per heavy atom. The van der Waals surface area contributed by atoms with Crippen LogP contribution < -0.4 is 0 Å². The Kier molecular flexibility index (Phi) is 4.77. The Balaban J connectivity index is 1.67. The molecule has 116 valence electrons. The first-order chi connectivity index (χ1) is 11.2. The molecule has 3 heterocycles. The van der Waals surface area contributed by atoms with Gasteiger partial charge in [0.05, 0.1) is 0 Å². The number of rotatable bonds is 5. The van der Waals surface area contributed by atoms with Crippen molar-refractivity contribution in [1.29, 1.82) is 0 Å². The predicted molar refractivity (Wildman–Crippen MR) is 92.4 cm³/mol. The molecule has 0 aromatic carbocycles. The lowest BCUT2D eigenvalue weighted by atomic mass is 10.1. The second-order valence-corrected chi connectivity index (χ2v) is 5.84. The molecule has 3 rings (SSSR count). The van der Waals surface area contributed by atoms with Gasteiger partial charge in [-0.2, -0.15) is 0 Å². The normalized spacial score (nSPS) is 10.7. The summed E-state index contributed by atoms with van der Waals surface area (Å²) in [6.07, 6.45) is 2.60. The maximum atomic E-state index is 4.77. The smallest absolute Gasteiger partial charge is 0.0466 e. The summed E-state index contributed by atoms with van der Waals surface area (Å²) in [6.45, 7) is 4.04. The molecule has 23 heavy (non-hydrogen) atoms. The van der Waals surface area contributed by atoms with Crippen LogP contribution in [0.15, 0.2) is 54.6 Å². The molecule has 0 saturated heterocycles. The van der Waals surface area contributed by atoms with E-state index in [0.717, 1.165) is 53.4 Å². The second-order valence-electron chi connectivity index (χ2n) is 5.84. The minimum Gasteiger partial charge on any atom is -0.258 e. The number of hydrogen-bond acceptors (Lipinski definition) is 3. The quantitative estimate of drug-likeness (QED) is 0.718. The van der Waals surface area contributed by atoms with Gasteiger partial charge in [-0.3, -0.25) is 15.0 Å². The Bertz CT molecular complexity index is 796. The molecule has 0 N–H and O–H groups in total. The van der Waals surface area contributed by atoms with Crippen LogP contribution in [0.3, 0.4) is 0 Å². The van der Waals surface area contributed by atoms with Gasteiger partial charge in [0.25, 0.3) is 0 Å². The third-order valence-corrected chi connectivity index (χ3v) is 3.76. The van der Waals surface area contributed by atoms with Crippen molar-refractivity contribution in [2.45, 2.75) is 33.1 Å². The average Bonchev–Trinajstić information content (AvgIpc) is 2.53. The average molecular weight is 303 g/mol. The summed E-state index contributed by atoms with van der Waals surface area (Å²) in [5.74, 6) is 0. The van der Waals surface area contributed by atoms with Gasteiger partial charge in [-0.25, -0.2) is 0 Å². The number of aryl methyl sites for hydroxylation is 4. The maximum Gasteiger partial charge on any atom is 0.0466 e. The van der Waals surface area contributed by atoms with Crippen LogP contribution in [-0.2, 0) is 19.3 Å². The third kappa shape index (κ3) is 4.46. The van der Waals surface area contributed by atoms with E-state index in [-0.39, 0.29) is 0 Å². The second kappa shape index (κ2) is 7.14. The van der Waals surface area contributed by atoms with Gasteiger partial charge < -0.3 is 0 Å². The van der Waals surface area contributed by atoms with E-state index in [9.17, 15) is 0 Å². The molecular weight excluding hydrogens is 282 g/mol. The summed E-state index contributed by atoms with van der Waals surface area (Å²) >= 11 is 0. The molecule has 0 fully saturated rings. The van der Waals surface area contributed by atoms with Crippen molar-refractivity contribution in [1.82, 2.24) is 15.0 Å². The largest absolute Gasteiger partial charge is 0.258 e. The van der Waals surface area contributed by atoms with E-state index in [2.05, 4.69) is 46.4 Å². The SMILES string of the molecule is Cc1cccc(CCc2cccc(Cc3cccc(C)n3)n2)n1. The molecule has 0 aliphatic rings. The van der Waals surface area contributed by atoms with E-state index < -0.39 is 0 Å². The summed E-state index contributed by atoms with van der Waals surface area (Å²) in [5, 5.41) is 0. The van der Waals surface area contributed by atoms with Gasteiger partial charge in [0.2, 0.25) is 0 Å². The zero-order chi connectivity index (χ0) is 16.1. The van der Waals surface area contributed by atoms with Gasteiger partial charge in [-0.1, -0.05) is 18.2 Å². The van der Waals surface area contributed by atoms with Crippen molar-refractivity contribution in [2.24, 2.45) is 0 Å². The third-order valence-electron chi connectivity index (χ3n) is 3.76. The number of hydrogen-bond donors (Lipinski definition) is 0. The van der Waals surface area contributed by atoms with Crippen LogP contribution in [-0.4, -0.2) is 15.0 Å². The van der Waals surface area contributed by atoms with Crippen molar-refractivity contribution >= 4 is 0 Å². The van der Waals surface area contributed by atoms with E-state index in [1.54, 1.807) is 0 Å². The fourth-order valence-electron chi connectivity index (χ4n) is 2.65. The molecule has 0 aliphatic carbocycles. The van der Waals surface area contributed by atoms with E-state index in [1.807, 2.05) is 32.0 Å². The molecule has 3 aromatic heterocycles. The molecule has 0 atom stereocenters. The molecule has 3 nitrogen and oxygen atoms in total. The molecule has 0 amide bonds. The van der Waals surface area contributed by atoms with Crippen molar-refractivity contribution in [3.8, 4) is 0 Å². The maximum absolute atomic E-state index is 4.77.